The van der Waals surface area contributed by atoms with Crippen LogP contribution in [0.15, 0.2) is 87.5 Å². The summed E-state index contributed by atoms with van der Waals surface area (Å²) >= 11 is 0. The van der Waals surface area contributed by atoms with Gasteiger partial charge in [0.05, 0.1) is 0 Å². The second kappa shape index (κ2) is 9.61. The van der Waals surface area contributed by atoms with Crippen molar-refractivity contribution in [3.05, 3.63) is 82.5 Å². The fraction of sp³-hybridized carbons (Fsp3) is 0.531. The number of aliphatic imine (C=N–C) groups is 1. The number of rotatable bonds is 4. The molecule has 0 spiro atoms. The number of allylic oxidation sites excluding steroid dienone is 13. The number of hydrogen-bond donors (Lipinski definition) is 0. The van der Waals surface area contributed by atoms with Crippen molar-refractivity contribution in [3.63, 3.8) is 0 Å². The smallest absolute Gasteiger partial charge is 0.0454 e. The Morgan fingerprint density at radius 1 is 0.788 bits per heavy atom. The molecule has 0 aromatic heterocycles. The molecule has 1 heterocycles. The van der Waals surface area contributed by atoms with Crippen LogP contribution in [0, 0.1) is 29.6 Å². The lowest BCUT2D eigenvalue weighted by molar-refractivity contribution is 0.343. The molecule has 33 heavy (non-hydrogen) atoms. The molecule has 1 heteroatoms. The molecular formula is C32H39N. The SMILES string of the molecule is C1=CC(C2=CCC(C3=C4C=CCCC4C(C4=CCCC=C4)CC3)CC2)CC(C2CC=NC2)=C1. The van der Waals surface area contributed by atoms with Gasteiger partial charge in [-0.05, 0) is 106 Å². The van der Waals surface area contributed by atoms with Gasteiger partial charge in [0.15, 0.2) is 0 Å². The summed E-state index contributed by atoms with van der Waals surface area (Å²) in [6, 6.07) is 0. The van der Waals surface area contributed by atoms with Crippen LogP contribution in [0.25, 0.3) is 0 Å². The van der Waals surface area contributed by atoms with Gasteiger partial charge in [-0.3, -0.25) is 4.99 Å². The van der Waals surface area contributed by atoms with Gasteiger partial charge in [-0.2, -0.15) is 0 Å². The van der Waals surface area contributed by atoms with Crippen molar-refractivity contribution < 1.29 is 0 Å². The zero-order chi connectivity index (χ0) is 22.0. The Bertz CT molecular complexity index is 999. The topological polar surface area (TPSA) is 12.4 Å². The molecule has 5 atom stereocenters. The highest BCUT2D eigenvalue weighted by Gasteiger charge is 2.36. The van der Waals surface area contributed by atoms with Crippen LogP contribution in [0.5, 0.6) is 0 Å². The van der Waals surface area contributed by atoms with Crippen molar-refractivity contribution >= 4 is 6.21 Å². The van der Waals surface area contributed by atoms with Gasteiger partial charge < -0.3 is 0 Å². The summed E-state index contributed by atoms with van der Waals surface area (Å²) in [5, 5.41) is 0. The largest absolute Gasteiger partial charge is 0.297 e. The van der Waals surface area contributed by atoms with Crippen molar-refractivity contribution in [1.29, 1.82) is 0 Å². The van der Waals surface area contributed by atoms with Gasteiger partial charge in [0.25, 0.3) is 0 Å². The Labute approximate surface area is 200 Å². The van der Waals surface area contributed by atoms with Crippen molar-refractivity contribution in [1.82, 2.24) is 0 Å². The van der Waals surface area contributed by atoms with Crippen LogP contribution in [0.3, 0.4) is 0 Å². The van der Waals surface area contributed by atoms with E-state index in [0.29, 0.717) is 11.8 Å². The summed E-state index contributed by atoms with van der Waals surface area (Å²) in [4.78, 5) is 4.48. The van der Waals surface area contributed by atoms with E-state index in [-0.39, 0.29) is 0 Å². The van der Waals surface area contributed by atoms with Crippen molar-refractivity contribution in [2.45, 2.75) is 70.6 Å². The van der Waals surface area contributed by atoms with E-state index in [1.807, 2.05) is 5.57 Å². The lowest BCUT2D eigenvalue weighted by Crippen LogP contribution is -2.28. The molecule has 6 aliphatic rings. The van der Waals surface area contributed by atoms with Gasteiger partial charge >= 0.3 is 0 Å². The molecule has 0 fully saturated rings. The third-order valence-electron chi connectivity index (χ3n) is 9.27. The molecule has 0 radical (unpaired) electrons. The highest BCUT2D eigenvalue weighted by atomic mass is 14.7. The zero-order valence-electron chi connectivity index (χ0n) is 20.1. The molecule has 0 saturated heterocycles. The predicted octanol–water partition coefficient (Wildman–Crippen LogP) is 8.26. The minimum atomic E-state index is 0.632. The molecule has 5 aliphatic carbocycles. The quantitative estimate of drug-likeness (QED) is 0.393. The molecule has 0 aromatic carbocycles. The third kappa shape index (κ3) is 4.36. The van der Waals surface area contributed by atoms with Gasteiger partial charge in [0.1, 0.15) is 0 Å². The van der Waals surface area contributed by atoms with Crippen LogP contribution in [-0.4, -0.2) is 12.8 Å². The van der Waals surface area contributed by atoms with Crippen LogP contribution >= 0.6 is 0 Å². The second-order valence-corrected chi connectivity index (χ2v) is 11.1. The van der Waals surface area contributed by atoms with E-state index in [1.54, 1.807) is 22.3 Å². The maximum Gasteiger partial charge on any atom is 0.0454 e. The van der Waals surface area contributed by atoms with Crippen molar-refractivity contribution in [2.75, 3.05) is 6.54 Å². The maximum atomic E-state index is 4.48. The van der Waals surface area contributed by atoms with E-state index in [4.69, 9.17) is 0 Å². The fourth-order valence-electron chi connectivity index (χ4n) is 7.45. The Morgan fingerprint density at radius 2 is 1.76 bits per heavy atom. The van der Waals surface area contributed by atoms with Crippen LogP contribution in [0.1, 0.15) is 70.6 Å². The number of fused-ring (bicyclic) bond motifs is 1. The van der Waals surface area contributed by atoms with Gasteiger partial charge in [-0.25, -0.2) is 0 Å². The molecule has 0 aromatic rings. The van der Waals surface area contributed by atoms with Crippen LogP contribution in [-0.2, 0) is 0 Å². The van der Waals surface area contributed by atoms with Gasteiger partial charge in [-0.1, -0.05) is 71.4 Å². The number of hydrogen-bond acceptors (Lipinski definition) is 1. The predicted molar refractivity (Wildman–Crippen MR) is 140 cm³/mol. The zero-order valence-corrected chi connectivity index (χ0v) is 20.1. The highest BCUT2D eigenvalue weighted by molar-refractivity contribution is 5.61. The third-order valence-corrected chi connectivity index (χ3v) is 9.27. The summed E-state index contributed by atoms with van der Waals surface area (Å²) < 4.78 is 0. The van der Waals surface area contributed by atoms with E-state index < -0.39 is 0 Å². The molecule has 0 amide bonds. The Hall–Kier alpha value is -2.15. The van der Waals surface area contributed by atoms with E-state index in [9.17, 15) is 0 Å². The highest BCUT2D eigenvalue weighted by Crippen LogP contribution is 2.49. The lowest BCUT2D eigenvalue weighted by Gasteiger charge is -2.40. The summed E-state index contributed by atoms with van der Waals surface area (Å²) in [7, 11) is 0. The average molecular weight is 438 g/mol. The normalized spacial score (nSPS) is 35.9. The first-order valence-corrected chi connectivity index (χ1v) is 13.7. The molecule has 0 bridgehead atoms. The van der Waals surface area contributed by atoms with Crippen LogP contribution in [0.4, 0.5) is 0 Å². The molecule has 172 valence electrons. The second-order valence-electron chi connectivity index (χ2n) is 11.1. The van der Waals surface area contributed by atoms with Crippen LogP contribution in [0.2, 0.25) is 0 Å². The Kier molecular flexibility index (Phi) is 6.23. The first kappa shape index (κ1) is 21.4. The van der Waals surface area contributed by atoms with E-state index >= 15 is 0 Å². The molecule has 1 nitrogen and oxygen atoms in total. The minimum absolute atomic E-state index is 0.632. The van der Waals surface area contributed by atoms with E-state index in [2.05, 4.69) is 65.9 Å². The summed E-state index contributed by atoms with van der Waals surface area (Å²) in [5.41, 5.74) is 8.55. The standard InChI is InChI=1S/C32H39N/c1-2-7-24(8-3-1)29-17-18-30(32-12-5-4-11-31(29)32)25-15-13-23(14-16-25)26-9-6-10-27(21-26)28-19-20-33-22-28/h2,5-10,12-13,20,25-26,28-29,31H,1,3-4,11,14-19,21-22H2. The molecule has 6 rings (SSSR count). The van der Waals surface area contributed by atoms with Crippen molar-refractivity contribution in [2.24, 2.45) is 34.6 Å². The Morgan fingerprint density at radius 3 is 2.58 bits per heavy atom. The fourth-order valence-corrected chi connectivity index (χ4v) is 7.45. The average Bonchev–Trinajstić information content (AvgIpc) is 3.44. The Balaban J connectivity index is 1.16. The first-order chi connectivity index (χ1) is 16.4. The van der Waals surface area contributed by atoms with Gasteiger partial charge in [0, 0.05) is 18.4 Å². The summed E-state index contributed by atoms with van der Waals surface area (Å²) in [6.45, 7) is 1.01. The minimum Gasteiger partial charge on any atom is -0.297 e. The first-order valence-electron chi connectivity index (χ1n) is 13.7. The molecular weight excluding hydrogens is 398 g/mol. The molecule has 1 aliphatic heterocycles. The molecule has 0 N–H and O–H groups in total. The van der Waals surface area contributed by atoms with Gasteiger partial charge in [-0.15, -0.1) is 0 Å². The summed E-state index contributed by atoms with van der Waals surface area (Å²) in [5.74, 6) is 3.60. The number of nitrogens with zero attached hydrogens (tertiary/aromatic N) is 1. The molecule has 0 saturated carbocycles. The van der Waals surface area contributed by atoms with E-state index in [0.717, 1.165) is 30.7 Å². The monoisotopic (exact) mass is 437 g/mol. The lowest BCUT2D eigenvalue weighted by atomic mass is 9.64. The maximum absolute atomic E-state index is 4.48. The van der Waals surface area contributed by atoms with Crippen molar-refractivity contribution in [3.8, 4) is 0 Å². The summed E-state index contributed by atoms with van der Waals surface area (Å²) in [6.07, 6.45) is 38.4. The van der Waals surface area contributed by atoms with Crippen LogP contribution < -0.4 is 0 Å². The van der Waals surface area contributed by atoms with E-state index in [1.165, 1.54) is 64.2 Å². The molecule has 5 unspecified atom stereocenters. The van der Waals surface area contributed by atoms with Gasteiger partial charge in [0.2, 0.25) is 0 Å².